The van der Waals surface area contributed by atoms with Crippen LogP contribution < -0.4 is 5.32 Å². The first kappa shape index (κ1) is 20.8. The molecule has 0 aliphatic carbocycles. The molecule has 1 aromatic rings. The van der Waals surface area contributed by atoms with Crippen LogP contribution in [0.5, 0.6) is 0 Å². The Kier molecular flexibility index (Phi) is 7.45. The molecule has 1 aromatic carbocycles. The van der Waals surface area contributed by atoms with Gasteiger partial charge >= 0.3 is 0 Å². The van der Waals surface area contributed by atoms with Crippen LogP contribution in [-0.2, 0) is 14.3 Å². The molecule has 3 rings (SSSR count). The fourth-order valence-corrected chi connectivity index (χ4v) is 4.43. The minimum atomic E-state index is -0.350. The number of nitrogens with zero attached hydrogens (tertiary/aromatic N) is 2. The molecule has 2 amide bonds. The van der Waals surface area contributed by atoms with E-state index >= 15 is 0 Å². The fraction of sp³-hybridized carbons (Fsp3) is 0.636. The Morgan fingerprint density at radius 3 is 2.68 bits per heavy atom. The van der Waals surface area contributed by atoms with E-state index in [1.807, 2.05) is 36.1 Å². The molecule has 2 heterocycles. The Hall–Kier alpha value is -1.92. The Balaban J connectivity index is 1.65. The monoisotopic (exact) mass is 387 g/mol. The SMILES string of the molecule is COCCN1C(=O)C[C@@H](C(=O)NCCCN2CCCC2)[C@@H]1c1ccccc1C. The summed E-state index contributed by atoms with van der Waals surface area (Å²) in [5.41, 5.74) is 2.16. The van der Waals surface area contributed by atoms with Crippen molar-refractivity contribution in [2.75, 3.05) is 46.4 Å². The van der Waals surface area contributed by atoms with Crippen molar-refractivity contribution in [1.82, 2.24) is 15.1 Å². The lowest BCUT2D eigenvalue weighted by Crippen LogP contribution is -2.38. The number of aryl methyl sites for hydroxylation is 1. The maximum Gasteiger partial charge on any atom is 0.226 e. The highest BCUT2D eigenvalue weighted by Crippen LogP contribution is 2.39. The van der Waals surface area contributed by atoms with Crippen molar-refractivity contribution in [3.63, 3.8) is 0 Å². The van der Waals surface area contributed by atoms with Crippen LogP contribution >= 0.6 is 0 Å². The van der Waals surface area contributed by atoms with Crippen molar-refractivity contribution in [2.24, 2.45) is 5.92 Å². The van der Waals surface area contributed by atoms with Crippen LogP contribution in [0.3, 0.4) is 0 Å². The normalized spacial score (nSPS) is 22.8. The number of benzene rings is 1. The van der Waals surface area contributed by atoms with Crippen molar-refractivity contribution in [3.8, 4) is 0 Å². The van der Waals surface area contributed by atoms with E-state index in [4.69, 9.17) is 4.74 Å². The van der Waals surface area contributed by atoms with E-state index in [0.717, 1.165) is 24.1 Å². The van der Waals surface area contributed by atoms with Gasteiger partial charge in [0.25, 0.3) is 0 Å². The first-order valence-corrected chi connectivity index (χ1v) is 10.5. The lowest BCUT2D eigenvalue weighted by Gasteiger charge is -2.29. The van der Waals surface area contributed by atoms with E-state index in [9.17, 15) is 9.59 Å². The average molecular weight is 388 g/mol. The molecule has 0 unspecified atom stereocenters. The molecular formula is C22H33N3O3. The molecule has 28 heavy (non-hydrogen) atoms. The molecule has 2 atom stereocenters. The predicted molar refractivity (Wildman–Crippen MR) is 109 cm³/mol. The van der Waals surface area contributed by atoms with Gasteiger partial charge in [-0.15, -0.1) is 0 Å². The second kappa shape index (κ2) is 10.0. The van der Waals surface area contributed by atoms with Gasteiger partial charge in [-0.1, -0.05) is 24.3 Å². The zero-order valence-electron chi connectivity index (χ0n) is 17.2. The second-order valence-corrected chi connectivity index (χ2v) is 7.89. The average Bonchev–Trinajstić information content (AvgIpc) is 3.32. The maximum absolute atomic E-state index is 13.0. The number of rotatable bonds is 9. The van der Waals surface area contributed by atoms with Gasteiger partial charge in [-0.3, -0.25) is 9.59 Å². The van der Waals surface area contributed by atoms with Crippen molar-refractivity contribution in [2.45, 2.75) is 38.6 Å². The number of methoxy groups -OCH3 is 1. The first-order valence-electron chi connectivity index (χ1n) is 10.5. The standard InChI is InChI=1S/C22H33N3O3/c1-17-8-3-4-9-18(17)21-19(16-20(26)25(21)14-15-28-2)22(27)23-10-7-13-24-11-5-6-12-24/h3-4,8-9,19,21H,5-7,10-16H2,1-2H3,(H,23,27)/t19-,21+/m1/s1. The van der Waals surface area contributed by atoms with Crippen LogP contribution in [0.15, 0.2) is 24.3 Å². The smallest absolute Gasteiger partial charge is 0.226 e. The van der Waals surface area contributed by atoms with E-state index in [1.54, 1.807) is 7.11 Å². The lowest BCUT2D eigenvalue weighted by atomic mass is 9.90. The first-order chi connectivity index (χ1) is 13.6. The van der Waals surface area contributed by atoms with E-state index in [2.05, 4.69) is 10.2 Å². The van der Waals surface area contributed by atoms with Crippen molar-refractivity contribution in [1.29, 1.82) is 0 Å². The number of ether oxygens (including phenoxy) is 1. The van der Waals surface area contributed by atoms with Gasteiger partial charge in [0, 0.05) is 26.6 Å². The molecule has 6 heteroatoms. The summed E-state index contributed by atoms with van der Waals surface area (Å²) in [6, 6.07) is 7.82. The number of carbonyl (C=O) groups excluding carboxylic acids is 2. The number of amides is 2. The van der Waals surface area contributed by atoms with Crippen LogP contribution in [-0.4, -0.2) is 68.1 Å². The number of carbonyl (C=O) groups is 2. The molecule has 154 valence electrons. The van der Waals surface area contributed by atoms with Crippen molar-refractivity contribution >= 4 is 11.8 Å². The number of hydrogen-bond acceptors (Lipinski definition) is 4. The summed E-state index contributed by atoms with van der Waals surface area (Å²) in [4.78, 5) is 29.9. The van der Waals surface area contributed by atoms with Crippen LogP contribution in [0, 0.1) is 12.8 Å². The number of hydrogen-bond donors (Lipinski definition) is 1. The summed E-state index contributed by atoms with van der Waals surface area (Å²) in [6.45, 7) is 7.07. The summed E-state index contributed by atoms with van der Waals surface area (Å²) < 4.78 is 5.19. The quantitative estimate of drug-likeness (QED) is 0.660. The van der Waals surface area contributed by atoms with E-state index < -0.39 is 0 Å². The zero-order valence-corrected chi connectivity index (χ0v) is 17.2. The summed E-state index contributed by atoms with van der Waals surface area (Å²) >= 11 is 0. The van der Waals surface area contributed by atoms with Gasteiger partial charge in [0.15, 0.2) is 0 Å². The van der Waals surface area contributed by atoms with E-state index in [0.29, 0.717) is 19.7 Å². The summed E-state index contributed by atoms with van der Waals surface area (Å²) in [5, 5.41) is 3.09. The highest BCUT2D eigenvalue weighted by molar-refractivity contribution is 5.90. The van der Waals surface area contributed by atoms with Crippen LogP contribution in [0.2, 0.25) is 0 Å². The predicted octanol–water partition coefficient (Wildman–Crippen LogP) is 2.13. The molecule has 2 saturated heterocycles. The van der Waals surface area contributed by atoms with Crippen molar-refractivity contribution in [3.05, 3.63) is 35.4 Å². The third kappa shape index (κ3) is 4.92. The minimum absolute atomic E-state index is 0.0112. The van der Waals surface area contributed by atoms with Gasteiger partial charge < -0.3 is 19.9 Å². The van der Waals surface area contributed by atoms with Gasteiger partial charge in [0.2, 0.25) is 11.8 Å². The van der Waals surface area contributed by atoms with Gasteiger partial charge in [-0.05, 0) is 56.9 Å². The molecule has 0 spiro atoms. The van der Waals surface area contributed by atoms with Crippen LogP contribution in [0.25, 0.3) is 0 Å². The minimum Gasteiger partial charge on any atom is -0.383 e. The Bertz CT molecular complexity index is 673. The van der Waals surface area contributed by atoms with Crippen molar-refractivity contribution < 1.29 is 14.3 Å². The molecule has 2 aliphatic heterocycles. The molecule has 0 aromatic heterocycles. The highest BCUT2D eigenvalue weighted by atomic mass is 16.5. The maximum atomic E-state index is 13.0. The second-order valence-electron chi connectivity index (χ2n) is 7.89. The zero-order chi connectivity index (χ0) is 19.9. The highest BCUT2D eigenvalue weighted by Gasteiger charge is 2.44. The molecule has 2 fully saturated rings. The largest absolute Gasteiger partial charge is 0.383 e. The number of likely N-dealkylation sites (tertiary alicyclic amines) is 2. The van der Waals surface area contributed by atoms with Crippen LogP contribution in [0.1, 0.15) is 42.9 Å². The molecule has 0 radical (unpaired) electrons. The Morgan fingerprint density at radius 1 is 1.21 bits per heavy atom. The Morgan fingerprint density at radius 2 is 1.96 bits per heavy atom. The third-order valence-corrected chi connectivity index (χ3v) is 5.96. The molecule has 1 N–H and O–H groups in total. The third-order valence-electron chi connectivity index (χ3n) is 5.96. The molecule has 0 saturated carbocycles. The number of nitrogens with one attached hydrogen (secondary N) is 1. The molecular weight excluding hydrogens is 354 g/mol. The van der Waals surface area contributed by atoms with Crippen LogP contribution in [0.4, 0.5) is 0 Å². The lowest BCUT2D eigenvalue weighted by molar-refractivity contribution is -0.129. The molecule has 6 nitrogen and oxygen atoms in total. The topological polar surface area (TPSA) is 61.9 Å². The molecule has 2 aliphatic rings. The van der Waals surface area contributed by atoms with E-state index in [-0.39, 0.29) is 30.2 Å². The summed E-state index contributed by atoms with van der Waals surface area (Å²) in [7, 11) is 1.63. The fourth-order valence-electron chi connectivity index (χ4n) is 4.43. The summed E-state index contributed by atoms with van der Waals surface area (Å²) in [6.07, 6.45) is 3.79. The van der Waals surface area contributed by atoms with Gasteiger partial charge in [-0.2, -0.15) is 0 Å². The molecule has 0 bridgehead atoms. The van der Waals surface area contributed by atoms with Gasteiger partial charge in [0.1, 0.15) is 0 Å². The van der Waals surface area contributed by atoms with Gasteiger partial charge in [0.05, 0.1) is 18.6 Å². The van der Waals surface area contributed by atoms with Gasteiger partial charge in [-0.25, -0.2) is 0 Å². The summed E-state index contributed by atoms with van der Waals surface area (Å²) in [5.74, 6) is -0.331. The van der Waals surface area contributed by atoms with E-state index in [1.165, 1.54) is 25.9 Å². The Labute approximate surface area is 168 Å².